The highest BCUT2D eigenvalue weighted by molar-refractivity contribution is 7.98. The van der Waals surface area contributed by atoms with Gasteiger partial charge in [-0.05, 0) is 71.7 Å². The minimum Gasteiger partial charge on any atom is -0.346 e. The van der Waals surface area contributed by atoms with E-state index in [1.54, 1.807) is 18.0 Å². The van der Waals surface area contributed by atoms with Crippen LogP contribution in [-0.4, -0.2) is 17.1 Å². The molecule has 2 aromatic carbocycles. The van der Waals surface area contributed by atoms with Crippen LogP contribution in [0.15, 0.2) is 90.0 Å². The lowest BCUT2D eigenvalue weighted by Crippen LogP contribution is -2.23. The fourth-order valence-corrected chi connectivity index (χ4v) is 3.93. The summed E-state index contributed by atoms with van der Waals surface area (Å²) in [5.41, 5.74) is 6.27. The summed E-state index contributed by atoms with van der Waals surface area (Å²) >= 11 is 1.62. The summed E-state index contributed by atoms with van der Waals surface area (Å²) in [5, 5.41) is 2.97. The van der Waals surface area contributed by atoms with E-state index in [4.69, 9.17) is 0 Å². The van der Waals surface area contributed by atoms with Gasteiger partial charge in [0.05, 0.1) is 12.2 Å². The summed E-state index contributed by atoms with van der Waals surface area (Å²) in [6, 6.07) is 20.3. The van der Waals surface area contributed by atoms with Crippen LogP contribution in [0.2, 0.25) is 0 Å². The Morgan fingerprint density at radius 2 is 1.83 bits per heavy atom. The number of pyridine rings is 1. The van der Waals surface area contributed by atoms with E-state index in [2.05, 4.69) is 52.8 Å². The van der Waals surface area contributed by atoms with Crippen molar-refractivity contribution in [1.82, 2.24) is 10.3 Å². The molecular formula is C26H24N2OS. The highest BCUT2D eigenvalue weighted by Crippen LogP contribution is 2.25. The molecule has 3 aromatic rings. The van der Waals surface area contributed by atoms with Crippen molar-refractivity contribution in [3.05, 3.63) is 102 Å². The average molecular weight is 413 g/mol. The smallest absolute Gasteiger partial charge is 0.251 e. The summed E-state index contributed by atoms with van der Waals surface area (Å²) in [6.45, 7) is 0.395. The molecule has 0 atom stereocenters. The zero-order chi connectivity index (χ0) is 20.8. The van der Waals surface area contributed by atoms with E-state index in [0.29, 0.717) is 12.1 Å². The largest absolute Gasteiger partial charge is 0.346 e. The number of aromatic nitrogens is 1. The molecule has 150 valence electrons. The van der Waals surface area contributed by atoms with Crippen LogP contribution in [0.4, 0.5) is 0 Å². The third-order valence-corrected chi connectivity index (χ3v) is 5.85. The first-order valence-electron chi connectivity index (χ1n) is 10.1. The number of allylic oxidation sites excluding steroid dienone is 4. The molecule has 0 bridgehead atoms. The Bertz CT molecular complexity index is 1100. The van der Waals surface area contributed by atoms with Crippen LogP contribution in [0.25, 0.3) is 16.7 Å². The lowest BCUT2D eigenvalue weighted by Gasteiger charge is -2.10. The predicted molar refractivity (Wildman–Crippen MR) is 125 cm³/mol. The van der Waals surface area contributed by atoms with Crippen molar-refractivity contribution in [2.45, 2.75) is 24.3 Å². The fraction of sp³-hybridized carbons (Fsp3) is 0.154. The van der Waals surface area contributed by atoms with Crippen LogP contribution in [0.5, 0.6) is 0 Å². The summed E-state index contributed by atoms with van der Waals surface area (Å²) in [7, 11) is 0. The molecule has 0 fully saturated rings. The third-order valence-electron chi connectivity index (χ3n) is 5.13. The molecule has 1 amide bonds. The molecular weight excluding hydrogens is 388 g/mol. The van der Waals surface area contributed by atoms with Gasteiger partial charge in [0.2, 0.25) is 0 Å². The van der Waals surface area contributed by atoms with Crippen molar-refractivity contribution in [2.24, 2.45) is 0 Å². The first-order valence-corrected chi connectivity index (χ1v) is 11.3. The lowest BCUT2D eigenvalue weighted by atomic mass is 9.97. The number of nitrogens with one attached hydrogen (secondary N) is 1. The quantitative estimate of drug-likeness (QED) is 0.495. The first kappa shape index (κ1) is 20.2. The number of rotatable bonds is 6. The molecule has 1 aliphatic rings. The van der Waals surface area contributed by atoms with E-state index in [1.807, 2.05) is 42.7 Å². The number of hydrogen-bond donors (Lipinski definition) is 1. The number of hydrogen-bond acceptors (Lipinski definition) is 3. The second-order valence-corrected chi connectivity index (χ2v) is 8.05. The van der Waals surface area contributed by atoms with E-state index in [1.165, 1.54) is 11.1 Å². The van der Waals surface area contributed by atoms with Crippen molar-refractivity contribution in [3.63, 3.8) is 0 Å². The van der Waals surface area contributed by atoms with Crippen LogP contribution in [0.3, 0.4) is 0 Å². The molecule has 0 saturated carbocycles. The van der Waals surface area contributed by atoms with Crippen LogP contribution in [0.1, 0.15) is 34.5 Å². The maximum atomic E-state index is 12.5. The molecule has 1 aromatic heterocycles. The molecule has 0 aliphatic heterocycles. The van der Waals surface area contributed by atoms with Gasteiger partial charge in [-0.1, -0.05) is 48.6 Å². The van der Waals surface area contributed by atoms with Gasteiger partial charge in [0, 0.05) is 16.7 Å². The maximum absolute atomic E-state index is 12.5. The molecule has 4 rings (SSSR count). The van der Waals surface area contributed by atoms with Gasteiger partial charge in [0.1, 0.15) is 0 Å². The average Bonchev–Trinajstić information content (AvgIpc) is 2.83. The maximum Gasteiger partial charge on any atom is 0.251 e. The second kappa shape index (κ2) is 9.59. The Labute approximate surface area is 181 Å². The van der Waals surface area contributed by atoms with Gasteiger partial charge in [-0.2, -0.15) is 0 Å². The fourth-order valence-electron chi connectivity index (χ4n) is 3.47. The van der Waals surface area contributed by atoms with E-state index in [0.717, 1.165) is 34.6 Å². The number of benzene rings is 2. The van der Waals surface area contributed by atoms with Crippen molar-refractivity contribution < 1.29 is 4.79 Å². The summed E-state index contributed by atoms with van der Waals surface area (Å²) in [6.07, 6.45) is 12.7. The van der Waals surface area contributed by atoms with Crippen molar-refractivity contribution in [1.29, 1.82) is 0 Å². The summed E-state index contributed by atoms with van der Waals surface area (Å²) in [4.78, 5) is 18.0. The molecule has 1 N–H and O–H groups in total. The van der Waals surface area contributed by atoms with Gasteiger partial charge in [-0.15, -0.1) is 11.8 Å². The van der Waals surface area contributed by atoms with E-state index in [-0.39, 0.29) is 5.91 Å². The number of amides is 1. The molecule has 4 heteroatoms. The Balaban J connectivity index is 1.44. The standard InChI is InChI=1S/C26H24N2OS/c1-30-25-9-5-8-23(17-25)26(29)28-18-24-16-22(14-15-27-24)21-12-10-20(11-13-21)19-6-3-2-4-7-19/h3,5-17H,2,4,18H2,1H3,(H,28,29). The molecule has 0 unspecified atom stereocenters. The summed E-state index contributed by atoms with van der Waals surface area (Å²) in [5.74, 6) is -0.0868. The van der Waals surface area contributed by atoms with E-state index in [9.17, 15) is 4.79 Å². The topological polar surface area (TPSA) is 42.0 Å². The monoisotopic (exact) mass is 412 g/mol. The number of thioether (sulfide) groups is 1. The minimum atomic E-state index is -0.0868. The second-order valence-electron chi connectivity index (χ2n) is 7.17. The van der Waals surface area contributed by atoms with Gasteiger partial charge < -0.3 is 5.32 Å². The molecule has 0 spiro atoms. The van der Waals surface area contributed by atoms with Gasteiger partial charge >= 0.3 is 0 Å². The highest BCUT2D eigenvalue weighted by atomic mass is 32.2. The van der Waals surface area contributed by atoms with Gasteiger partial charge in [0.25, 0.3) is 5.91 Å². The molecule has 0 saturated heterocycles. The van der Waals surface area contributed by atoms with Crippen molar-refractivity contribution in [3.8, 4) is 11.1 Å². The van der Waals surface area contributed by atoms with Crippen molar-refractivity contribution in [2.75, 3.05) is 6.26 Å². The Kier molecular flexibility index (Phi) is 6.45. The first-order chi connectivity index (χ1) is 14.7. The van der Waals surface area contributed by atoms with Gasteiger partial charge in [-0.25, -0.2) is 0 Å². The van der Waals surface area contributed by atoms with Crippen LogP contribution < -0.4 is 5.32 Å². The SMILES string of the molecule is CSc1cccc(C(=O)NCc2cc(-c3ccc(C4=CCCC=C4)cc3)ccn2)c1. The van der Waals surface area contributed by atoms with E-state index < -0.39 is 0 Å². The zero-order valence-electron chi connectivity index (χ0n) is 17.0. The molecule has 3 nitrogen and oxygen atoms in total. The Morgan fingerprint density at radius 3 is 2.60 bits per heavy atom. The van der Waals surface area contributed by atoms with Crippen LogP contribution in [-0.2, 0) is 6.54 Å². The minimum absolute atomic E-state index is 0.0868. The normalized spacial score (nSPS) is 13.0. The molecule has 0 radical (unpaired) electrons. The zero-order valence-corrected chi connectivity index (χ0v) is 17.8. The summed E-state index contributed by atoms with van der Waals surface area (Å²) < 4.78 is 0. The third kappa shape index (κ3) is 4.89. The number of nitrogens with zero attached hydrogens (tertiary/aromatic N) is 1. The Morgan fingerprint density at radius 1 is 1.00 bits per heavy atom. The van der Waals surface area contributed by atoms with Gasteiger partial charge in [0.15, 0.2) is 0 Å². The van der Waals surface area contributed by atoms with Crippen LogP contribution >= 0.6 is 11.8 Å². The Hall–Kier alpha value is -3.11. The van der Waals surface area contributed by atoms with E-state index >= 15 is 0 Å². The predicted octanol–water partition coefficient (Wildman–Crippen LogP) is 6.13. The van der Waals surface area contributed by atoms with Gasteiger partial charge in [-0.3, -0.25) is 9.78 Å². The van der Waals surface area contributed by atoms with Crippen molar-refractivity contribution >= 4 is 23.2 Å². The molecule has 1 heterocycles. The lowest BCUT2D eigenvalue weighted by molar-refractivity contribution is 0.0950. The highest BCUT2D eigenvalue weighted by Gasteiger charge is 2.08. The number of carbonyl (C=O) groups is 1. The van der Waals surface area contributed by atoms with Crippen LogP contribution in [0, 0.1) is 0 Å². The molecule has 1 aliphatic carbocycles. The number of carbonyl (C=O) groups excluding carboxylic acids is 1. The molecule has 30 heavy (non-hydrogen) atoms.